The molecule has 2 bridgehead atoms. The maximum atomic E-state index is 13.3. The van der Waals surface area contributed by atoms with Gasteiger partial charge in [0.05, 0.1) is 17.9 Å². The molecule has 3 aliphatic heterocycles. The van der Waals surface area contributed by atoms with Crippen LogP contribution in [0.1, 0.15) is 34.7 Å². The molecule has 0 spiro atoms. The van der Waals surface area contributed by atoms with Gasteiger partial charge < -0.3 is 29.1 Å². The predicted octanol–water partition coefficient (Wildman–Crippen LogP) is 2.79. The summed E-state index contributed by atoms with van der Waals surface area (Å²) in [5.41, 5.74) is 2.90. The third-order valence-corrected chi connectivity index (χ3v) is 7.06. The number of rotatable bonds is 5. The molecule has 0 radical (unpaired) electrons. The Hall–Kier alpha value is -3.85. The number of likely N-dealkylation sites (N-methyl/N-ethyl adjacent to an activating group) is 1. The number of morpholine rings is 1. The van der Waals surface area contributed by atoms with Gasteiger partial charge in [0.15, 0.2) is 5.69 Å². The van der Waals surface area contributed by atoms with E-state index in [0.29, 0.717) is 23.6 Å². The van der Waals surface area contributed by atoms with E-state index in [2.05, 4.69) is 15.4 Å². The van der Waals surface area contributed by atoms with Crippen LogP contribution in [0.3, 0.4) is 0 Å². The molecule has 2 unspecified atom stereocenters. The smallest absolute Gasteiger partial charge is 0.274 e. The Kier molecular flexibility index (Phi) is 5.85. The number of benzene rings is 2. The lowest BCUT2D eigenvalue weighted by atomic mass is 10.1. The van der Waals surface area contributed by atoms with Crippen molar-refractivity contribution in [3.05, 3.63) is 71.6 Å². The van der Waals surface area contributed by atoms with E-state index in [1.54, 1.807) is 18.0 Å². The Morgan fingerprint density at radius 2 is 1.86 bits per heavy atom. The van der Waals surface area contributed by atoms with E-state index in [0.717, 1.165) is 37.2 Å². The SMILES string of the molecule is CN1C(=O)[C@H](NC(=O)c2cc(Cc3ccccc3)on2)COc2ccc(N3CC4CCC(C3)O4)cc21. The molecule has 0 saturated carbocycles. The first kappa shape index (κ1) is 22.6. The molecule has 0 aliphatic carbocycles. The normalized spacial score (nSPS) is 23.1. The van der Waals surface area contributed by atoms with Crippen LogP contribution in [-0.4, -0.2) is 62.0 Å². The molecule has 2 aromatic carbocycles. The summed E-state index contributed by atoms with van der Waals surface area (Å²) in [4.78, 5) is 30.0. The summed E-state index contributed by atoms with van der Waals surface area (Å²) in [5, 5.41) is 6.66. The van der Waals surface area contributed by atoms with Crippen molar-refractivity contribution >= 4 is 23.2 Å². The van der Waals surface area contributed by atoms with Gasteiger partial charge in [-0.1, -0.05) is 35.5 Å². The molecular weight excluding hydrogens is 460 g/mol. The van der Waals surface area contributed by atoms with Crippen molar-refractivity contribution in [1.29, 1.82) is 0 Å². The molecule has 186 valence electrons. The Balaban J connectivity index is 1.14. The maximum Gasteiger partial charge on any atom is 0.274 e. The lowest BCUT2D eigenvalue weighted by Crippen LogP contribution is -2.49. The second-order valence-electron chi connectivity index (χ2n) is 9.59. The second kappa shape index (κ2) is 9.31. The summed E-state index contributed by atoms with van der Waals surface area (Å²) in [6, 6.07) is 16.4. The van der Waals surface area contributed by atoms with Crippen molar-refractivity contribution in [3.63, 3.8) is 0 Å². The van der Waals surface area contributed by atoms with Crippen molar-refractivity contribution < 1.29 is 23.6 Å². The van der Waals surface area contributed by atoms with Crippen molar-refractivity contribution in [2.45, 2.75) is 37.5 Å². The maximum absolute atomic E-state index is 13.3. The molecule has 36 heavy (non-hydrogen) atoms. The van der Waals surface area contributed by atoms with E-state index in [4.69, 9.17) is 14.0 Å². The van der Waals surface area contributed by atoms with Gasteiger partial charge in [0.2, 0.25) is 0 Å². The van der Waals surface area contributed by atoms with Gasteiger partial charge in [-0.15, -0.1) is 0 Å². The highest BCUT2D eigenvalue weighted by Crippen LogP contribution is 2.37. The minimum Gasteiger partial charge on any atom is -0.489 e. The molecule has 2 amide bonds. The van der Waals surface area contributed by atoms with Gasteiger partial charge in [-0.05, 0) is 36.6 Å². The molecule has 1 N–H and O–H groups in total. The van der Waals surface area contributed by atoms with Crippen molar-refractivity contribution in [2.24, 2.45) is 0 Å². The number of anilines is 2. The van der Waals surface area contributed by atoms with Crippen LogP contribution in [0.4, 0.5) is 11.4 Å². The summed E-state index contributed by atoms with van der Waals surface area (Å²) < 4.78 is 17.3. The number of nitrogens with zero attached hydrogens (tertiary/aromatic N) is 3. The monoisotopic (exact) mass is 488 g/mol. The van der Waals surface area contributed by atoms with E-state index < -0.39 is 11.9 Å². The Bertz CT molecular complexity index is 1260. The predicted molar refractivity (Wildman–Crippen MR) is 132 cm³/mol. The van der Waals surface area contributed by atoms with E-state index in [9.17, 15) is 9.59 Å². The highest BCUT2D eigenvalue weighted by Gasteiger charge is 2.35. The Morgan fingerprint density at radius 3 is 2.64 bits per heavy atom. The number of aromatic nitrogens is 1. The first-order valence-electron chi connectivity index (χ1n) is 12.3. The van der Waals surface area contributed by atoms with Crippen LogP contribution in [0.15, 0.2) is 59.1 Å². The summed E-state index contributed by atoms with van der Waals surface area (Å²) in [6.45, 7) is 1.71. The van der Waals surface area contributed by atoms with Gasteiger partial charge in [-0.25, -0.2) is 0 Å². The molecule has 9 heteroatoms. The van der Waals surface area contributed by atoms with Gasteiger partial charge in [0.1, 0.15) is 24.2 Å². The average Bonchev–Trinajstić information content (AvgIpc) is 3.48. The van der Waals surface area contributed by atoms with E-state index >= 15 is 0 Å². The van der Waals surface area contributed by atoms with Gasteiger partial charge in [0.25, 0.3) is 11.8 Å². The zero-order valence-electron chi connectivity index (χ0n) is 20.1. The number of ether oxygens (including phenoxy) is 2. The lowest BCUT2D eigenvalue weighted by molar-refractivity contribution is -0.120. The zero-order valence-corrected chi connectivity index (χ0v) is 20.1. The van der Waals surface area contributed by atoms with Gasteiger partial charge in [0, 0.05) is 38.3 Å². The summed E-state index contributed by atoms with van der Waals surface area (Å²) in [7, 11) is 1.70. The number of hydrogen-bond acceptors (Lipinski definition) is 7. The fourth-order valence-corrected chi connectivity index (χ4v) is 5.15. The highest BCUT2D eigenvalue weighted by molar-refractivity contribution is 6.03. The first-order chi connectivity index (χ1) is 17.5. The van der Waals surface area contributed by atoms with Gasteiger partial charge >= 0.3 is 0 Å². The quantitative estimate of drug-likeness (QED) is 0.590. The van der Waals surface area contributed by atoms with Gasteiger partial charge in [-0.3, -0.25) is 9.59 Å². The fourth-order valence-electron chi connectivity index (χ4n) is 5.15. The Labute approximate surface area is 208 Å². The number of fused-ring (bicyclic) bond motifs is 3. The lowest BCUT2D eigenvalue weighted by Gasteiger charge is -2.34. The number of amides is 2. The molecule has 1 aromatic heterocycles. The average molecular weight is 489 g/mol. The van der Waals surface area contributed by atoms with Crippen LogP contribution >= 0.6 is 0 Å². The third-order valence-electron chi connectivity index (χ3n) is 7.06. The topological polar surface area (TPSA) is 97.1 Å². The van der Waals surface area contributed by atoms with Crippen LogP contribution < -0.4 is 19.9 Å². The van der Waals surface area contributed by atoms with E-state index in [1.165, 1.54) is 0 Å². The standard InChI is InChI=1S/C27H28N4O5/c1-30-24-12-18(31-14-19-8-9-20(15-31)35-19)7-10-25(24)34-16-23(27(30)33)28-26(32)22-13-21(36-29-22)11-17-5-3-2-4-6-17/h2-7,10,12-13,19-20,23H,8-9,11,14-16H2,1H3,(H,28,32)/t19?,20?,23-/m1/s1. The molecule has 3 atom stereocenters. The minimum atomic E-state index is -0.855. The second-order valence-corrected chi connectivity index (χ2v) is 9.59. The molecule has 9 nitrogen and oxygen atoms in total. The van der Waals surface area contributed by atoms with Crippen molar-refractivity contribution in [3.8, 4) is 5.75 Å². The molecule has 3 aromatic rings. The number of nitrogens with one attached hydrogen (secondary N) is 1. The summed E-state index contributed by atoms with van der Waals surface area (Å²) in [6.07, 6.45) is 3.24. The molecule has 3 aliphatic rings. The van der Waals surface area contributed by atoms with E-state index in [1.807, 2.05) is 48.5 Å². The van der Waals surface area contributed by atoms with Crippen molar-refractivity contribution in [1.82, 2.24) is 10.5 Å². The van der Waals surface area contributed by atoms with Crippen LogP contribution in [0.5, 0.6) is 5.75 Å². The summed E-state index contributed by atoms with van der Waals surface area (Å²) >= 11 is 0. The van der Waals surface area contributed by atoms with Gasteiger partial charge in [-0.2, -0.15) is 0 Å². The summed E-state index contributed by atoms with van der Waals surface area (Å²) in [5.74, 6) is 0.440. The molecule has 4 heterocycles. The number of carbonyl (C=O) groups excluding carboxylic acids is 2. The molecule has 2 fully saturated rings. The van der Waals surface area contributed by atoms with Crippen LogP contribution in [0.25, 0.3) is 0 Å². The van der Waals surface area contributed by atoms with Crippen LogP contribution in [0, 0.1) is 0 Å². The number of hydrogen-bond donors (Lipinski definition) is 1. The van der Waals surface area contributed by atoms with Crippen LogP contribution in [-0.2, 0) is 16.0 Å². The Morgan fingerprint density at radius 1 is 1.08 bits per heavy atom. The third kappa shape index (κ3) is 4.42. The largest absolute Gasteiger partial charge is 0.489 e. The van der Waals surface area contributed by atoms with Crippen LogP contribution in [0.2, 0.25) is 0 Å². The molecule has 2 saturated heterocycles. The molecular formula is C27H28N4O5. The fraction of sp³-hybridized carbons (Fsp3) is 0.370. The first-order valence-corrected chi connectivity index (χ1v) is 12.3. The highest BCUT2D eigenvalue weighted by atomic mass is 16.5. The van der Waals surface area contributed by atoms with Crippen molar-refractivity contribution in [2.75, 3.05) is 36.5 Å². The molecule has 6 rings (SSSR count). The number of carbonyl (C=O) groups is 2. The van der Waals surface area contributed by atoms with E-state index in [-0.39, 0.29) is 30.4 Å². The minimum absolute atomic E-state index is 0.0255. The zero-order chi connectivity index (χ0) is 24.6.